The summed E-state index contributed by atoms with van der Waals surface area (Å²) in [4.78, 5) is 11.5. The van der Waals surface area contributed by atoms with E-state index in [1.807, 2.05) is 13.8 Å². The monoisotopic (exact) mass is 200 g/mol. The number of methoxy groups -OCH3 is 1. The number of esters is 1. The van der Waals surface area contributed by atoms with Gasteiger partial charge in [0.1, 0.15) is 0 Å². The molecular formula is C11H20O3. The van der Waals surface area contributed by atoms with Gasteiger partial charge in [-0.2, -0.15) is 0 Å². The van der Waals surface area contributed by atoms with Crippen molar-refractivity contribution in [1.29, 1.82) is 0 Å². The second-order valence-corrected chi connectivity index (χ2v) is 4.27. The maximum absolute atomic E-state index is 11.5. The van der Waals surface area contributed by atoms with Gasteiger partial charge in [-0.05, 0) is 25.2 Å². The Morgan fingerprint density at radius 2 is 2.36 bits per heavy atom. The van der Waals surface area contributed by atoms with Crippen LogP contribution >= 0.6 is 0 Å². The van der Waals surface area contributed by atoms with Crippen LogP contribution in [0.3, 0.4) is 0 Å². The van der Waals surface area contributed by atoms with Crippen LogP contribution in [0.15, 0.2) is 0 Å². The molecule has 1 N–H and O–H groups in total. The molecule has 0 aliphatic heterocycles. The van der Waals surface area contributed by atoms with Crippen LogP contribution in [0.1, 0.15) is 39.5 Å². The lowest BCUT2D eigenvalue weighted by molar-refractivity contribution is -0.158. The highest BCUT2D eigenvalue weighted by atomic mass is 16.5. The molecule has 1 fully saturated rings. The van der Waals surface area contributed by atoms with Crippen molar-refractivity contribution in [1.82, 2.24) is 0 Å². The summed E-state index contributed by atoms with van der Waals surface area (Å²) >= 11 is 0. The van der Waals surface area contributed by atoms with E-state index in [1.54, 1.807) is 0 Å². The van der Waals surface area contributed by atoms with E-state index in [-0.39, 0.29) is 17.8 Å². The highest BCUT2D eigenvalue weighted by molar-refractivity contribution is 5.73. The summed E-state index contributed by atoms with van der Waals surface area (Å²) in [5.74, 6) is -0.430. The molecule has 1 aliphatic rings. The van der Waals surface area contributed by atoms with Crippen molar-refractivity contribution in [2.45, 2.75) is 45.1 Å². The minimum Gasteiger partial charge on any atom is -0.469 e. The Hall–Kier alpha value is -0.570. The predicted molar refractivity (Wildman–Crippen MR) is 53.8 cm³/mol. The third kappa shape index (κ3) is 1.78. The van der Waals surface area contributed by atoms with Gasteiger partial charge < -0.3 is 9.84 Å². The molecule has 3 unspecified atom stereocenters. The minimum absolute atomic E-state index is 0.201. The number of rotatable bonds is 3. The predicted octanol–water partition coefficient (Wildman–Crippen LogP) is 1.74. The van der Waals surface area contributed by atoms with Crippen molar-refractivity contribution in [2.24, 2.45) is 11.8 Å². The molecule has 0 saturated heterocycles. The van der Waals surface area contributed by atoms with Crippen LogP contribution in [0, 0.1) is 11.8 Å². The smallest absolute Gasteiger partial charge is 0.311 e. The van der Waals surface area contributed by atoms with E-state index in [0.717, 1.165) is 19.3 Å². The lowest BCUT2D eigenvalue weighted by Gasteiger charge is -2.34. The van der Waals surface area contributed by atoms with Crippen molar-refractivity contribution < 1.29 is 14.6 Å². The van der Waals surface area contributed by atoms with Crippen molar-refractivity contribution in [3.05, 3.63) is 0 Å². The summed E-state index contributed by atoms with van der Waals surface area (Å²) in [5, 5.41) is 10.4. The second-order valence-electron chi connectivity index (χ2n) is 4.27. The Morgan fingerprint density at radius 1 is 1.71 bits per heavy atom. The fourth-order valence-electron chi connectivity index (χ4n) is 2.57. The van der Waals surface area contributed by atoms with Gasteiger partial charge >= 0.3 is 5.97 Å². The standard InChI is InChI=1S/C11H20O3/c1-4-9(10(12)14-3)11(13)7-5-6-8(11)2/h8-9,13H,4-7H2,1-3H3. The zero-order chi connectivity index (χ0) is 10.8. The van der Waals surface area contributed by atoms with E-state index in [9.17, 15) is 9.90 Å². The molecular weight excluding hydrogens is 180 g/mol. The molecule has 3 nitrogen and oxygen atoms in total. The third-order valence-electron chi connectivity index (χ3n) is 3.57. The van der Waals surface area contributed by atoms with E-state index in [0.29, 0.717) is 6.42 Å². The van der Waals surface area contributed by atoms with Crippen LogP contribution < -0.4 is 0 Å². The van der Waals surface area contributed by atoms with Gasteiger partial charge in [-0.25, -0.2) is 0 Å². The minimum atomic E-state index is -0.832. The number of carbonyl (C=O) groups is 1. The van der Waals surface area contributed by atoms with Gasteiger partial charge in [0.25, 0.3) is 0 Å². The summed E-state index contributed by atoms with van der Waals surface area (Å²) in [7, 11) is 1.38. The van der Waals surface area contributed by atoms with Gasteiger partial charge in [0, 0.05) is 0 Å². The zero-order valence-corrected chi connectivity index (χ0v) is 9.25. The van der Waals surface area contributed by atoms with E-state index in [2.05, 4.69) is 0 Å². The summed E-state index contributed by atoms with van der Waals surface area (Å²) < 4.78 is 4.73. The van der Waals surface area contributed by atoms with Gasteiger partial charge in [0.15, 0.2) is 0 Å². The quantitative estimate of drug-likeness (QED) is 0.706. The molecule has 1 rings (SSSR count). The van der Waals surface area contributed by atoms with Crippen LogP contribution in [-0.2, 0) is 9.53 Å². The fraction of sp³-hybridized carbons (Fsp3) is 0.909. The fourth-order valence-corrected chi connectivity index (χ4v) is 2.57. The Morgan fingerprint density at radius 3 is 2.71 bits per heavy atom. The van der Waals surface area contributed by atoms with E-state index >= 15 is 0 Å². The lowest BCUT2D eigenvalue weighted by Crippen LogP contribution is -2.44. The summed E-state index contributed by atoms with van der Waals surface area (Å²) in [6.45, 7) is 3.93. The summed E-state index contributed by atoms with van der Waals surface area (Å²) in [6, 6.07) is 0. The van der Waals surface area contributed by atoms with E-state index in [4.69, 9.17) is 4.74 Å². The number of hydrogen-bond donors (Lipinski definition) is 1. The van der Waals surface area contributed by atoms with Gasteiger partial charge in [-0.3, -0.25) is 4.79 Å². The number of ether oxygens (including phenoxy) is 1. The van der Waals surface area contributed by atoms with Crippen LogP contribution in [0.4, 0.5) is 0 Å². The van der Waals surface area contributed by atoms with Gasteiger partial charge in [0.2, 0.25) is 0 Å². The molecule has 0 heterocycles. The molecule has 1 aliphatic carbocycles. The average molecular weight is 200 g/mol. The van der Waals surface area contributed by atoms with Crippen molar-refractivity contribution >= 4 is 5.97 Å². The maximum atomic E-state index is 11.5. The highest BCUT2D eigenvalue weighted by Gasteiger charge is 2.47. The molecule has 14 heavy (non-hydrogen) atoms. The summed E-state index contributed by atoms with van der Waals surface area (Å²) in [6.07, 6.45) is 3.38. The molecule has 0 amide bonds. The first-order chi connectivity index (χ1) is 6.56. The topological polar surface area (TPSA) is 46.5 Å². The van der Waals surface area contributed by atoms with Gasteiger partial charge in [-0.1, -0.05) is 20.3 Å². The molecule has 0 aromatic heterocycles. The van der Waals surface area contributed by atoms with E-state index < -0.39 is 5.60 Å². The molecule has 3 atom stereocenters. The Kier molecular flexibility index (Phi) is 3.53. The molecule has 1 saturated carbocycles. The Bertz CT molecular complexity index is 215. The van der Waals surface area contributed by atoms with Gasteiger partial charge in [0.05, 0.1) is 18.6 Å². The largest absolute Gasteiger partial charge is 0.469 e. The van der Waals surface area contributed by atoms with E-state index in [1.165, 1.54) is 7.11 Å². The maximum Gasteiger partial charge on any atom is 0.311 e. The van der Waals surface area contributed by atoms with Crippen molar-refractivity contribution in [2.75, 3.05) is 7.11 Å². The Balaban J connectivity index is 2.81. The highest BCUT2D eigenvalue weighted by Crippen LogP contribution is 2.42. The van der Waals surface area contributed by atoms with Crippen LogP contribution in [-0.4, -0.2) is 23.8 Å². The zero-order valence-electron chi connectivity index (χ0n) is 9.25. The molecule has 0 radical (unpaired) electrons. The number of aliphatic hydroxyl groups is 1. The first kappa shape index (κ1) is 11.5. The van der Waals surface area contributed by atoms with Crippen LogP contribution in [0.25, 0.3) is 0 Å². The van der Waals surface area contributed by atoms with Crippen LogP contribution in [0.2, 0.25) is 0 Å². The first-order valence-corrected chi connectivity index (χ1v) is 5.36. The molecule has 0 aromatic carbocycles. The van der Waals surface area contributed by atoms with Crippen molar-refractivity contribution in [3.8, 4) is 0 Å². The summed E-state index contributed by atoms with van der Waals surface area (Å²) in [5.41, 5.74) is -0.832. The Labute approximate surface area is 85.5 Å². The van der Waals surface area contributed by atoms with Crippen LogP contribution in [0.5, 0.6) is 0 Å². The molecule has 3 heteroatoms. The molecule has 0 aromatic rings. The van der Waals surface area contributed by atoms with Gasteiger partial charge in [-0.15, -0.1) is 0 Å². The second kappa shape index (κ2) is 4.30. The lowest BCUT2D eigenvalue weighted by atomic mass is 9.78. The normalized spacial score (nSPS) is 34.1. The first-order valence-electron chi connectivity index (χ1n) is 5.36. The van der Waals surface area contributed by atoms with Crippen molar-refractivity contribution in [3.63, 3.8) is 0 Å². The number of hydrogen-bond acceptors (Lipinski definition) is 3. The molecule has 0 bridgehead atoms. The number of carbonyl (C=O) groups excluding carboxylic acids is 1. The average Bonchev–Trinajstić information content (AvgIpc) is 2.48. The third-order valence-corrected chi connectivity index (χ3v) is 3.57. The molecule has 0 spiro atoms. The molecule has 82 valence electrons. The SMILES string of the molecule is CCC(C(=O)OC)C1(O)CCCC1C.